The van der Waals surface area contributed by atoms with E-state index in [1.807, 2.05) is 0 Å². The Kier molecular flexibility index (Phi) is 4.54. The molecular weight excluding hydrogens is 335 g/mol. The van der Waals surface area contributed by atoms with E-state index in [1.165, 1.54) is 13.1 Å². The lowest BCUT2D eigenvalue weighted by Gasteiger charge is -2.20. The van der Waals surface area contributed by atoms with Crippen LogP contribution in [0.1, 0.15) is 27.5 Å². The standard InChI is InChI=1S/C14H9F5N4O/c1-23-6-8(5-21-23)12(14(17,18)19)22-13(24)11-9(15)2-7(4-20)3-10(11)16/h2-3,5-6,12H,1H3,(H,22,24)/t12-/m1/s1. The van der Waals surface area contributed by atoms with Gasteiger partial charge in [-0.25, -0.2) is 8.78 Å². The van der Waals surface area contributed by atoms with Crippen LogP contribution < -0.4 is 5.32 Å². The number of amides is 1. The molecule has 0 aliphatic rings. The molecule has 1 atom stereocenters. The van der Waals surface area contributed by atoms with Gasteiger partial charge in [0.15, 0.2) is 6.04 Å². The summed E-state index contributed by atoms with van der Waals surface area (Å²) >= 11 is 0. The molecule has 24 heavy (non-hydrogen) atoms. The first-order chi connectivity index (χ1) is 11.1. The highest BCUT2D eigenvalue weighted by molar-refractivity contribution is 5.95. The number of alkyl halides is 3. The maximum absolute atomic E-state index is 13.8. The normalized spacial score (nSPS) is 12.5. The van der Waals surface area contributed by atoms with Crippen LogP contribution in [0.4, 0.5) is 22.0 Å². The number of carbonyl (C=O) groups is 1. The van der Waals surface area contributed by atoms with Gasteiger partial charge in [0.2, 0.25) is 0 Å². The zero-order valence-corrected chi connectivity index (χ0v) is 12.0. The molecule has 126 valence electrons. The van der Waals surface area contributed by atoms with Gasteiger partial charge in [-0.05, 0) is 12.1 Å². The lowest BCUT2D eigenvalue weighted by molar-refractivity contribution is -0.155. The highest BCUT2D eigenvalue weighted by atomic mass is 19.4. The van der Waals surface area contributed by atoms with Gasteiger partial charge in [-0.2, -0.15) is 23.5 Å². The van der Waals surface area contributed by atoms with Crippen LogP contribution in [-0.2, 0) is 7.05 Å². The second-order valence-electron chi connectivity index (χ2n) is 4.82. The van der Waals surface area contributed by atoms with Gasteiger partial charge in [0.05, 0.1) is 17.8 Å². The number of nitriles is 1. The fraction of sp³-hybridized carbons (Fsp3) is 0.214. The van der Waals surface area contributed by atoms with Gasteiger partial charge >= 0.3 is 6.18 Å². The second kappa shape index (κ2) is 6.27. The van der Waals surface area contributed by atoms with Crippen molar-refractivity contribution in [1.82, 2.24) is 15.1 Å². The number of hydrogen-bond acceptors (Lipinski definition) is 3. The van der Waals surface area contributed by atoms with Crippen molar-refractivity contribution < 1.29 is 26.7 Å². The summed E-state index contributed by atoms with van der Waals surface area (Å²) in [4.78, 5) is 11.9. The van der Waals surface area contributed by atoms with Crippen LogP contribution in [0.2, 0.25) is 0 Å². The molecule has 1 aromatic heterocycles. The predicted octanol–water partition coefficient (Wildman–Crippen LogP) is 2.60. The summed E-state index contributed by atoms with van der Waals surface area (Å²) in [6.45, 7) is 0. The smallest absolute Gasteiger partial charge is 0.336 e. The SMILES string of the molecule is Cn1cc([C@@H](NC(=O)c2c(F)cc(C#N)cc2F)C(F)(F)F)cn1. The average Bonchev–Trinajstić information content (AvgIpc) is 2.88. The predicted molar refractivity (Wildman–Crippen MR) is 70.5 cm³/mol. The number of aryl methyl sites for hydroxylation is 1. The fourth-order valence-electron chi connectivity index (χ4n) is 2.00. The van der Waals surface area contributed by atoms with E-state index in [-0.39, 0.29) is 0 Å². The molecule has 0 fully saturated rings. The topological polar surface area (TPSA) is 70.7 Å². The van der Waals surface area contributed by atoms with Crippen molar-refractivity contribution >= 4 is 5.91 Å². The number of nitrogens with one attached hydrogen (secondary N) is 1. The lowest BCUT2D eigenvalue weighted by Crippen LogP contribution is -2.38. The number of aromatic nitrogens is 2. The Hall–Kier alpha value is -2.96. The van der Waals surface area contributed by atoms with Gasteiger partial charge in [-0.15, -0.1) is 0 Å². The average molecular weight is 344 g/mol. The molecule has 0 aliphatic carbocycles. The van der Waals surface area contributed by atoms with Gasteiger partial charge in [0, 0.05) is 18.8 Å². The maximum atomic E-state index is 13.8. The first kappa shape index (κ1) is 17.4. The number of benzene rings is 1. The van der Waals surface area contributed by atoms with Gasteiger partial charge in [-0.1, -0.05) is 0 Å². The number of hydrogen-bond donors (Lipinski definition) is 1. The van der Waals surface area contributed by atoms with Crippen molar-refractivity contribution in [2.45, 2.75) is 12.2 Å². The largest absolute Gasteiger partial charge is 0.413 e. The molecular formula is C14H9F5N4O. The third-order valence-corrected chi connectivity index (χ3v) is 3.06. The Balaban J connectivity index is 2.38. The Morgan fingerprint density at radius 1 is 1.33 bits per heavy atom. The molecule has 2 aromatic rings. The Bertz CT molecular complexity index is 798. The molecule has 10 heteroatoms. The van der Waals surface area contributed by atoms with E-state index < -0.39 is 46.5 Å². The zero-order valence-electron chi connectivity index (χ0n) is 12.0. The first-order valence-electron chi connectivity index (χ1n) is 6.38. The molecule has 0 unspecified atom stereocenters. The number of carbonyl (C=O) groups excluding carboxylic acids is 1. The summed E-state index contributed by atoms with van der Waals surface area (Å²) in [5.74, 6) is -4.46. The van der Waals surface area contributed by atoms with Crippen LogP contribution in [0.3, 0.4) is 0 Å². The third kappa shape index (κ3) is 3.51. The second-order valence-corrected chi connectivity index (χ2v) is 4.82. The highest BCUT2D eigenvalue weighted by Gasteiger charge is 2.43. The summed E-state index contributed by atoms with van der Waals surface area (Å²) in [6.07, 6.45) is -3.01. The zero-order chi connectivity index (χ0) is 18.1. The quantitative estimate of drug-likeness (QED) is 0.870. The molecule has 1 aromatic carbocycles. The lowest BCUT2D eigenvalue weighted by atomic mass is 10.1. The number of halogens is 5. The van der Waals surface area contributed by atoms with Crippen LogP contribution in [-0.4, -0.2) is 21.9 Å². The Morgan fingerprint density at radius 2 is 1.92 bits per heavy atom. The minimum Gasteiger partial charge on any atom is -0.336 e. The molecule has 2 rings (SSSR count). The van der Waals surface area contributed by atoms with E-state index in [2.05, 4.69) is 5.10 Å². The molecule has 1 amide bonds. The molecule has 5 nitrogen and oxygen atoms in total. The molecule has 1 N–H and O–H groups in total. The van der Waals surface area contributed by atoms with Gasteiger partial charge in [0.1, 0.15) is 17.2 Å². The molecule has 0 bridgehead atoms. The van der Waals surface area contributed by atoms with E-state index in [0.717, 1.165) is 17.1 Å². The molecule has 0 spiro atoms. The van der Waals surface area contributed by atoms with Crippen LogP contribution >= 0.6 is 0 Å². The highest BCUT2D eigenvalue weighted by Crippen LogP contribution is 2.33. The summed E-state index contributed by atoms with van der Waals surface area (Å²) in [5.41, 5.74) is -2.00. The van der Waals surface area contributed by atoms with E-state index in [4.69, 9.17) is 5.26 Å². The summed E-state index contributed by atoms with van der Waals surface area (Å²) < 4.78 is 68.0. The monoisotopic (exact) mass is 344 g/mol. The van der Waals surface area contributed by atoms with Crippen LogP contribution in [0.15, 0.2) is 24.5 Å². The minimum atomic E-state index is -4.90. The van der Waals surface area contributed by atoms with E-state index in [0.29, 0.717) is 12.1 Å². The molecule has 0 saturated heterocycles. The number of nitrogens with zero attached hydrogens (tertiary/aromatic N) is 3. The summed E-state index contributed by atoms with van der Waals surface area (Å²) in [6, 6.07) is 0.0936. The van der Waals surface area contributed by atoms with Crippen molar-refractivity contribution in [3.8, 4) is 6.07 Å². The molecule has 0 saturated carbocycles. The van der Waals surface area contributed by atoms with Crippen molar-refractivity contribution in [2.75, 3.05) is 0 Å². The van der Waals surface area contributed by atoms with E-state index in [9.17, 15) is 26.7 Å². The van der Waals surface area contributed by atoms with Crippen molar-refractivity contribution in [3.05, 3.63) is 52.9 Å². The van der Waals surface area contributed by atoms with Crippen molar-refractivity contribution in [1.29, 1.82) is 5.26 Å². The molecule has 0 aliphatic heterocycles. The van der Waals surface area contributed by atoms with E-state index >= 15 is 0 Å². The van der Waals surface area contributed by atoms with Crippen LogP contribution in [0.5, 0.6) is 0 Å². The third-order valence-electron chi connectivity index (χ3n) is 3.06. The van der Waals surface area contributed by atoms with Crippen LogP contribution in [0, 0.1) is 23.0 Å². The number of rotatable bonds is 3. The molecule has 1 heterocycles. The fourth-order valence-corrected chi connectivity index (χ4v) is 2.00. The van der Waals surface area contributed by atoms with Gasteiger partial charge < -0.3 is 5.32 Å². The summed E-state index contributed by atoms with van der Waals surface area (Å²) in [5, 5.41) is 13.7. The van der Waals surface area contributed by atoms with Crippen LogP contribution in [0.25, 0.3) is 0 Å². The maximum Gasteiger partial charge on any atom is 0.413 e. The van der Waals surface area contributed by atoms with Crippen molar-refractivity contribution in [2.24, 2.45) is 7.05 Å². The Morgan fingerprint density at radius 3 is 2.33 bits per heavy atom. The van der Waals surface area contributed by atoms with Crippen molar-refractivity contribution in [3.63, 3.8) is 0 Å². The van der Waals surface area contributed by atoms with Gasteiger partial charge in [0.25, 0.3) is 5.91 Å². The van der Waals surface area contributed by atoms with E-state index in [1.54, 1.807) is 5.32 Å². The van der Waals surface area contributed by atoms with Gasteiger partial charge in [-0.3, -0.25) is 9.48 Å². The Labute approximate surface area is 132 Å². The minimum absolute atomic E-state index is 0.396. The first-order valence-corrected chi connectivity index (χ1v) is 6.38. The summed E-state index contributed by atoms with van der Waals surface area (Å²) in [7, 11) is 1.37. The molecule has 0 radical (unpaired) electrons.